The molecule has 0 unspecified atom stereocenters. The summed E-state index contributed by atoms with van der Waals surface area (Å²) in [5.41, 5.74) is 6.82. The van der Waals surface area contributed by atoms with E-state index in [4.69, 9.17) is 5.73 Å². The first kappa shape index (κ1) is 12.0. The van der Waals surface area contributed by atoms with Gasteiger partial charge in [0.1, 0.15) is 14.6 Å². The maximum atomic E-state index is 5.70. The highest BCUT2D eigenvalue weighted by molar-refractivity contribution is 9.11. The highest BCUT2D eigenvalue weighted by Crippen LogP contribution is 2.34. The third-order valence-corrected chi connectivity index (χ3v) is 4.72. The van der Waals surface area contributed by atoms with Crippen LogP contribution in [0.3, 0.4) is 0 Å². The second-order valence-corrected chi connectivity index (χ2v) is 6.79. The lowest BCUT2D eigenvalue weighted by Crippen LogP contribution is -1.84. The predicted octanol–water partition coefficient (Wildman–Crippen LogP) is 4.27. The molecule has 16 heavy (non-hydrogen) atoms. The van der Waals surface area contributed by atoms with Crippen LogP contribution in [0.5, 0.6) is 0 Å². The smallest absolute Gasteiger partial charge is 0.149 e. The van der Waals surface area contributed by atoms with Crippen LogP contribution in [-0.2, 0) is 0 Å². The van der Waals surface area contributed by atoms with Gasteiger partial charge in [-0.3, -0.25) is 0 Å². The highest BCUT2D eigenvalue weighted by Gasteiger charge is 2.07. The summed E-state index contributed by atoms with van der Waals surface area (Å²) in [6, 6.07) is 8.41. The minimum absolute atomic E-state index is 0.562. The minimum Gasteiger partial charge on any atom is -0.382 e. The molecule has 0 bridgehead atoms. The van der Waals surface area contributed by atoms with Crippen LogP contribution in [0.25, 0.3) is 10.6 Å². The molecule has 0 radical (unpaired) electrons. The first-order chi connectivity index (χ1) is 7.70. The van der Waals surface area contributed by atoms with Gasteiger partial charge < -0.3 is 5.73 Å². The number of benzene rings is 1. The van der Waals surface area contributed by atoms with E-state index in [1.165, 1.54) is 4.90 Å². The molecule has 1 aromatic heterocycles. The van der Waals surface area contributed by atoms with E-state index in [0.717, 1.165) is 20.1 Å². The first-order valence-corrected chi connectivity index (χ1v) is 7.45. The Hall–Kier alpha value is -0.520. The average molecular weight is 315 g/mol. The number of halogens is 1. The van der Waals surface area contributed by atoms with Gasteiger partial charge in [0.05, 0.1) is 0 Å². The van der Waals surface area contributed by atoms with E-state index in [2.05, 4.69) is 52.1 Å². The van der Waals surface area contributed by atoms with Crippen molar-refractivity contribution in [1.82, 2.24) is 4.98 Å². The number of rotatable bonds is 3. The minimum atomic E-state index is 0.562. The standard InChI is InChI=1S/C11H11BrN2S2/c1-2-15-8-5-3-7(4-6-8)11-14-10(13)9(12)16-11/h3-6H,2,13H2,1H3. The summed E-state index contributed by atoms with van der Waals surface area (Å²) in [6.45, 7) is 2.15. The van der Waals surface area contributed by atoms with Gasteiger partial charge in [0.2, 0.25) is 0 Å². The van der Waals surface area contributed by atoms with Crippen LogP contribution >= 0.6 is 39.0 Å². The topological polar surface area (TPSA) is 38.9 Å². The number of hydrogen-bond donors (Lipinski definition) is 1. The third-order valence-electron chi connectivity index (χ3n) is 2.02. The number of nitrogens with zero attached hydrogens (tertiary/aromatic N) is 1. The first-order valence-electron chi connectivity index (χ1n) is 4.85. The van der Waals surface area contributed by atoms with E-state index in [1.807, 2.05) is 11.8 Å². The molecule has 0 aliphatic carbocycles. The zero-order valence-corrected chi connectivity index (χ0v) is 12.0. The normalized spacial score (nSPS) is 10.6. The van der Waals surface area contributed by atoms with Crippen LogP contribution in [0.4, 0.5) is 5.82 Å². The summed E-state index contributed by atoms with van der Waals surface area (Å²) in [5.74, 6) is 1.65. The van der Waals surface area contributed by atoms with Gasteiger partial charge in [-0.2, -0.15) is 0 Å². The Labute approximate surface area is 111 Å². The van der Waals surface area contributed by atoms with Crippen LogP contribution in [0.2, 0.25) is 0 Å². The second kappa shape index (κ2) is 5.21. The molecule has 2 N–H and O–H groups in total. The summed E-state index contributed by atoms with van der Waals surface area (Å²) in [5, 5.41) is 0.956. The van der Waals surface area contributed by atoms with Crippen molar-refractivity contribution < 1.29 is 0 Å². The van der Waals surface area contributed by atoms with E-state index >= 15 is 0 Å². The molecular formula is C11H11BrN2S2. The van der Waals surface area contributed by atoms with Crippen molar-refractivity contribution in [3.63, 3.8) is 0 Å². The highest BCUT2D eigenvalue weighted by atomic mass is 79.9. The summed E-state index contributed by atoms with van der Waals surface area (Å²) < 4.78 is 0.898. The fraction of sp³-hybridized carbons (Fsp3) is 0.182. The average Bonchev–Trinajstić information content (AvgIpc) is 2.61. The lowest BCUT2D eigenvalue weighted by atomic mass is 10.2. The molecule has 0 aliphatic heterocycles. The second-order valence-electron chi connectivity index (χ2n) is 3.14. The van der Waals surface area contributed by atoms with Gasteiger partial charge in [0.25, 0.3) is 0 Å². The molecule has 5 heteroatoms. The Morgan fingerprint density at radius 3 is 2.56 bits per heavy atom. The number of hydrogen-bond acceptors (Lipinski definition) is 4. The number of nitrogen functional groups attached to an aromatic ring is 1. The molecule has 0 saturated carbocycles. The zero-order valence-electron chi connectivity index (χ0n) is 8.74. The summed E-state index contributed by atoms with van der Waals surface area (Å²) in [7, 11) is 0. The molecule has 0 spiro atoms. The van der Waals surface area contributed by atoms with Crippen molar-refractivity contribution in [2.75, 3.05) is 11.5 Å². The summed E-state index contributed by atoms with van der Waals surface area (Å²) in [4.78, 5) is 5.59. The lowest BCUT2D eigenvalue weighted by molar-refractivity contribution is 1.38. The monoisotopic (exact) mass is 314 g/mol. The van der Waals surface area contributed by atoms with Crippen molar-refractivity contribution in [3.05, 3.63) is 28.1 Å². The molecule has 2 rings (SSSR count). The Bertz CT molecular complexity index is 460. The third kappa shape index (κ3) is 2.59. The van der Waals surface area contributed by atoms with E-state index < -0.39 is 0 Å². The Morgan fingerprint density at radius 2 is 2.06 bits per heavy atom. The molecule has 2 aromatic rings. The molecule has 0 amide bonds. The summed E-state index contributed by atoms with van der Waals surface area (Å²) in [6.07, 6.45) is 0. The molecular weight excluding hydrogens is 304 g/mol. The van der Waals surface area contributed by atoms with Crippen LogP contribution in [0, 0.1) is 0 Å². The molecule has 2 nitrogen and oxygen atoms in total. The van der Waals surface area contributed by atoms with E-state index in [0.29, 0.717) is 5.82 Å². The molecule has 1 heterocycles. The molecule has 0 aliphatic rings. The van der Waals surface area contributed by atoms with Crippen molar-refractivity contribution in [2.24, 2.45) is 0 Å². The van der Waals surface area contributed by atoms with Crippen molar-refractivity contribution in [3.8, 4) is 10.6 Å². The Balaban J connectivity index is 2.27. The largest absolute Gasteiger partial charge is 0.382 e. The Kier molecular flexibility index (Phi) is 3.89. The quantitative estimate of drug-likeness (QED) is 0.860. The zero-order chi connectivity index (χ0) is 11.5. The predicted molar refractivity (Wildman–Crippen MR) is 76.1 cm³/mol. The SMILES string of the molecule is CCSc1ccc(-c2nc(N)c(Br)s2)cc1. The van der Waals surface area contributed by atoms with Crippen LogP contribution in [-0.4, -0.2) is 10.7 Å². The van der Waals surface area contributed by atoms with Crippen LogP contribution in [0.15, 0.2) is 32.9 Å². The number of thiazole rings is 1. The fourth-order valence-electron chi connectivity index (χ4n) is 1.30. The van der Waals surface area contributed by atoms with Crippen molar-refractivity contribution in [1.29, 1.82) is 0 Å². The van der Waals surface area contributed by atoms with E-state index in [1.54, 1.807) is 11.3 Å². The molecule has 0 fully saturated rings. The van der Waals surface area contributed by atoms with Crippen LogP contribution in [0.1, 0.15) is 6.92 Å². The van der Waals surface area contributed by atoms with Gasteiger partial charge in [-0.15, -0.1) is 23.1 Å². The van der Waals surface area contributed by atoms with Gasteiger partial charge in [0, 0.05) is 10.5 Å². The van der Waals surface area contributed by atoms with Crippen molar-refractivity contribution in [2.45, 2.75) is 11.8 Å². The van der Waals surface area contributed by atoms with Gasteiger partial charge in [0.15, 0.2) is 0 Å². The van der Waals surface area contributed by atoms with Crippen molar-refractivity contribution >= 4 is 44.8 Å². The number of thioether (sulfide) groups is 1. The van der Waals surface area contributed by atoms with Gasteiger partial charge in [-0.25, -0.2) is 4.98 Å². The Morgan fingerprint density at radius 1 is 1.38 bits per heavy atom. The van der Waals surface area contributed by atoms with Gasteiger partial charge >= 0.3 is 0 Å². The molecule has 84 valence electrons. The van der Waals surface area contributed by atoms with E-state index in [-0.39, 0.29) is 0 Å². The maximum absolute atomic E-state index is 5.70. The molecule has 0 saturated heterocycles. The molecule has 0 atom stereocenters. The number of anilines is 1. The van der Waals surface area contributed by atoms with Gasteiger partial charge in [-0.1, -0.05) is 19.1 Å². The number of nitrogens with two attached hydrogens (primary N) is 1. The number of aromatic nitrogens is 1. The fourth-order valence-corrected chi connectivity index (χ4v) is 3.23. The maximum Gasteiger partial charge on any atom is 0.149 e. The lowest BCUT2D eigenvalue weighted by Gasteiger charge is -1.99. The van der Waals surface area contributed by atoms with Gasteiger partial charge in [-0.05, 0) is 33.8 Å². The van der Waals surface area contributed by atoms with Crippen LogP contribution < -0.4 is 5.73 Å². The summed E-state index contributed by atoms with van der Waals surface area (Å²) >= 11 is 6.78. The molecule has 1 aromatic carbocycles. The van der Waals surface area contributed by atoms with E-state index in [9.17, 15) is 0 Å².